The van der Waals surface area contributed by atoms with Crippen molar-refractivity contribution in [1.29, 1.82) is 0 Å². The molecule has 0 radical (unpaired) electrons. The number of aliphatic hydroxyl groups is 1. The van der Waals surface area contributed by atoms with Gasteiger partial charge in [0.2, 0.25) is 5.71 Å². The van der Waals surface area contributed by atoms with Crippen molar-refractivity contribution in [2.45, 2.75) is 44.6 Å². The summed E-state index contributed by atoms with van der Waals surface area (Å²) >= 11 is 0. The monoisotopic (exact) mass is 331 g/mol. The van der Waals surface area contributed by atoms with E-state index in [0.717, 1.165) is 32.1 Å². The van der Waals surface area contributed by atoms with Gasteiger partial charge in [-0.25, -0.2) is 4.98 Å². The topological polar surface area (TPSA) is 97.4 Å². The minimum Gasteiger partial charge on any atom is -0.442 e. The quantitative estimate of drug-likeness (QED) is 0.879. The number of nitrogens with one attached hydrogen (secondary N) is 1. The second kappa shape index (κ2) is 4.92. The van der Waals surface area contributed by atoms with Crippen LogP contribution in [0.3, 0.4) is 0 Å². The fourth-order valence-electron chi connectivity index (χ4n) is 3.80. The predicted molar refractivity (Wildman–Crippen MR) is 86.8 cm³/mol. The Morgan fingerprint density at radius 2 is 2.12 bits per heavy atom. The fraction of sp³-hybridized carbons (Fsp3) is 0.588. The standard InChI is InChI=1S/C17H21N3O4/c1-10-11(12-14(24-10)19-9-20(2)15(12)22)13(21)18-8-16(6-7-16)17(23)4-3-5-17/h9,23H,3-8H2,1-2H3,(H,18,21). The van der Waals surface area contributed by atoms with E-state index in [0.29, 0.717) is 12.3 Å². The number of amides is 1. The van der Waals surface area contributed by atoms with Crippen LogP contribution in [0.25, 0.3) is 11.1 Å². The summed E-state index contributed by atoms with van der Waals surface area (Å²) in [5.41, 5.74) is -0.710. The molecule has 128 valence electrons. The molecule has 0 aromatic carbocycles. The Kier molecular flexibility index (Phi) is 3.16. The average Bonchev–Trinajstić information content (AvgIpc) is 3.24. The minimum absolute atomic E-state index is 0.180. The second-order valence-corrected chi connectivity index (χ2v) is 7.22. The molecule has 2 heterocycles. The molecular weight excluding hydrogens is 310 g/mol. The highest BCUT2D eigenvalue weighted by Crippen LogP contribution is 2.60. The molecule has 1 amide bonds. The van der Waals surface area contributed by atoms with Crippen molar-refractivity contribution < 1.29 is 14.3 Å². The lowest BCUT2D eigenvalue weighted by Crippen LogP contribution is -2.50. The van der Waals surface area contributed by atoms with Gasteiger partial charge in [0.1, 0.15) is 17.5 Å². The number of rotatable bonds is 4. The number of hydrogen-bond acceptors (Lipinski definition) is 5. The van der Waals surface area contributed by atoms with Crippen LogP contribution in [0.5, 0.6) is 0 Å². The molecule has 2 aromatic rings. The van der Waals surface area contributed by atoms with E-state index in [4.69, 9.17) is 4.42 Å². The first-order valence-electron chi connectivity index (χ1n) is 8.32. The molecule has 0 aliphatic heterocycles. The minimum atomic E-state index is -0.633. The highest BCUT2D eigenvalue weighted by molar-refractivity contribution is 6.06. The maximum Gasteiger partial charge on any atom is 0.265 e. The molecule has 2 aliphatic carbocycles. The molecule has 7 nitrogen and oxygen atoms in total. The molecular formula is C17H21N3O4. The van der Waals surface area contributed by atoms with Gasteiger partial charge in [0.15, 0.2) is 0 Å². The number of aryl methyl sites for hydroxylation is 2. The summed E-state index contributed by atoms with van der Waals surface area (Å²) in [4.78, 5) is 29.1. The van der Waals surface area contributed by atoms with Crippen molar-refractivity contribution in [2.75, 3.05) is 6.54 Å². The van der Waals surface area contributed by atoms with Crippen LogP contribution in [0.2, 0.25) is 0 Å². The molecule has 2 aliphatic rings. The molecule has 2 N–H and O–H groups in total. The van der Waals surface area contributed by atoms with E-state index in [1.165, 1.54) is 10.9 Å². The van der Waals surface area contributed by atoms with Crippen LogP contribution in [0.15, 0.2) is 15.5 Å². The van der Waals surface area contributed by atoms with Crippen LogP contribution in [0.4, 0.5) is 0 Å². The van der Waals surface area contributed by atoms with Crippen LogP contribution in [0, 0.1) is 12.3 Å². The van der Waals surface area contributed by atoms with Gasteiger partial charge < -0.3 is 19.4 Å². The van der Waals surface area contributed by atoms with Gasteiger partial charge >= 0.3 is 0 Å². The lowest BCUT2D eigenvalue weighted by Gasteiger charge is -2.44. The number of fused-ring (bicyclic) bond motifs is 1. The summed E-state index contributed by atoms with van der Waals surface area (Å²) in [7, 11) is 1.59. The van der Waals surface area contributed by atoms with E-state index in [1.54, 1.807) is 14.0 Å². The van der Waals surface area contributed by atoms with Crippen molar-refractivity contribution >= 4 is 17.0 Å². The van der Waals surface area contributed by atoms with Crippen LogP contribution in [0.1, 0.15) is 48.2 Å². The third kappa shape index (κ3) is 2.04. The van der Waals surface area contributed by atoms with Crippen molar-refractivity contribution in [3.8, 4) is 0 Å². The summed E-state index contributed by atoms with van der Waals surface area (Å²) in [5, 5.41) is 13.7. The molecule has 0 atom stereocenters. The molecule has 2 saturated carbocycles. The van der Waals surface area contributed by atoms with E-state index in [-0.39, 0.29) is 33.5 Å². The van der Waals surface area contributed by atoms with Crippen molar-refractivity contribution in [3.05, 3.63) is 28.0 Å². The Morgan fingerprint density at radius 1 is 1.42 bits per heavy atom. The summed E-state index contributed by atoms with van der Waals surface area (Å²) in [6.45, 7) is 2.08. The number of carbonyl (C=O) groups is 1. The zero-order valence-corrected chi connectivity index (χ0v) is 13.9. The number of nitrogens with zero attached hydrogens (tertiary/aromatic N) is 2. The smallest absolute Gasteiger partial charge is 0.265 e. The number of aromatic nitrogens is 2. The highest BCUT2D eigenvalue weighted by Gasteiger charge is 2.60. The van der Waals surface area contributed by atoms with E-state index < -0.39 is 5.60 Å². The maximum absolute atomic E-state index is 12.7. The number of hydrogen-bond donors (Lipinski definition) is 2. The molecule has 0 saturated heterocycles. The van der Waals surface area contributed by atoms with Crippen LogP contribution < -0.4 is 10.9 Å². The summed E-state index contributed by atoms with van der Waals surface area (Å²) in [6.07, 6.45) is 5.89. The average molecular weight is 331 g/mol. The summed E-state index contributed by atoms with van der Waals surface area (Å²) < 4.78 is 6.80. The van der Waals surface area contributed by atoms with Gasteiger partial charge in [-0.3, -0.25) is 9.59 Å². The highest BCUT2D eigenvalue weighted by atomic mass is 16.3. The molecule has 2 fully saturated rings. The first-order valence-corrected chi connectivity index (χ1v) is 8.32. The Balaban J connectivity index is 1.61. The van der Waals surface area contributed by atoms with Gasteiger partial charge in [-0.2, -0.15) is 0 Å². The van der Waals surface area contributed by atoms with Crippen molar-refractivity contribution in [2.24, 2.45) is 12.5 Å². The predicted octanol–water partition coefficient (Wildman–Crippen LogP) is 1.26. The largest absolute Gasteiger partial charge is 0.442 e. The Morgan fingerprint density at radius 3 is 2.71 bits per heavy atom. The van der Waals surface area contributed by atoms with Gasteiger partial charge in [0, 0.05) is 19.0 Å². The summed E-state index contributed by atoms with van der Waals surface area (Å²) in [6, 6.07) is 0. The molecule has 0 spiro atoms. The fourth-order valence-corrected chi connectivity index (χ4v) is 3.80. The van der Waals surface area contributed by atoms with E-state index in [9.17, 15) is 14.7 Å². The van der Waals surface area contributed by atoms with Crippen molar-refractivity contribution in [1.82, 2.24) is 14.9 Å². The SMILES string of the molecule is Cc1oc2ncn(C)c(=O)c2c1C(=O)NCC1(C2(O)CCC2)CC1. The van der Waals surface area contributed by atoms with Gasteiger partial charge in [-0.15, -0.1) is 0 Å². The summed E-state index contributed by atoms with van der Waals surface area (Å²) in [5.74, 6) is 0.0380. The van der Waals surface area contributed by atoms with Gasteiger partial charge in [0.05, 0.1) is 11.2 Å². The zero-order chi connectivity index (χ0) is 17.1. The van der Waals surface area contributed by atoms with Gasteiger partial charge in [-0.05, 0) is 39.0 Å². The lowest BCUT2D eigenvalue weighted by atomic mass is 9.69. The molecule has 0 bridgehead atoms. The Bertz CT molecular complexity index is 887. The molecule has 2 aromatic heterocycles. The zero-order valence-electron chi connectivity index (χ0n) is 13.9. The van der Waals surface area contributed by atoms with Crippen LogP contribution >= 0.6 is 0 Å². The molecule has 0 unspecified atom stereocenters. The Hall–Kier alpha value is -2.15. The third-order valence-corrected chi connectivity index (χ3v) is 5.78. The first-order chi connectivity index (χ1) is 11.4. The third-order valence-electron chi connectivity index (χ3n) is 5.78. The maximum atomic E-state index is 12.7. The van der Waals surface area contributed by atoms with E-state index >= 15 is 0 Å². The van der Waals surface area contributed by atoms with Crippen LogP contribution in [-0.4, -0.2) is 32.7 Å². The van der Waals surface area contributed by atoms with E-state index in [2.05, 4.69) is 10.3 Å². The Labute approximate surface area is 138 Å². The van der Waals surface area contributed by atoms with Crippen molar-refractivity contribution in [3.63, 3.8) is 0 Å². The lowest BCUT2D eigenvalue weighted by molar-refractivity contribution is -0.0947. The number of furan rings is 1. The second-order valence-electron chi connectivity index (χ2n) is 7.22. The van der Waals surface area contributed by atoms with E-state index in [1.807, 2.05) is 0 Å². The van der Waals surface area contributed by atoms with Crippen LogP contribution in [-0.2, 0) is 7.05 Å². The van der Waals surface area contributed by atoms with Gasteiger partial charge in [-0.1, -0.05) is 0 Å². The first kappa shape index (κ1) is 15.4. The molecule has 7 heteroatoms. The molecule has 24 heavy (non-hydrogen) atoms. The number of carbonyl (C=O) groups excluding carboxylic acids is 1. The molecule has 4 rings (SSSR count). The van der Waals surface area contributed by atoms with Gasteiger partial charge in [0.25, 0.3) is 11.5 Å². The normalized spacial score (nSPS) is 20.6.